The summed E-state index contributed by atoms with van der Waals surface area (Å²) < 4.78 is 0. The van der Waals surface area contributed by atoms with Crippen molar-refractivity contribution in [2.45, 2.75) is 19.3 Å². The number of carbonyl (C=O) groups excluding carboxylic acids is 2. The standard InChI is InChI=1S/C23H22N4O2/c28-22-16-7-3-2-6-15(16)20-19-17(22)8-9-18(21(19)26-14-25-20)23(29)24-10-13-27-11-4-1-5-12-27/h2-3,6-9,14H,1,4-5,10-13H2,(H,24,29). The number of amides is 1. The Morgan fingerprint density at radius 2 is 1.76 bits per heavy atom. The Bertz CT molecular complexity index is 1120. The molecule has 1 aromatic heterocycles. The molecule has 0 spiro atoms. The SMILES string of the molecule is O=C(NCCN1CCCCC1)c1ccc2c3c(ncnc13)-c1ccccc1C2=O. The summed E-state index contributed by atoms with van der Waals surface area (Å²) in [5, 5.41) is 3.68. The summed E-state index contributed by atoms with van der Waals surface area (Å²) in [6.45, 7) is 3.66. The number of ketones is 1. The van der Waals surface area contributed by atoms with Gasteiger partial charge in [0.1, 0.15) is 6.33 Å². The van der Waals surface area contributed by atoms with E-state index in [1.165, 1.54) is 25.6 Å². The first-order valence-electron chi connectivity index (χ1n) is 10.2. The molecule has 1 fully saturated rings. The highest BCUT2D eigenvalue weighted by molar-refractivity contribution is 6.26. The van der Waals surface area contributed by atoms with E-state index in [1.807, 2.05) is 24.3 Å². The second kappa shape index (κ2) is 7.37. The van der Waals surface area contributed by atoms with Gasteiger partial charge in [-0.15, -0.1) is 0 Å². The summed E-state index contributed by atoms with van der Waals surface area (Å²) in [4.78, 5) is 37.0. The molecule has 3 aromatic rings. The van der Waals surface area contributed by atoms with Crippen LogP contribution in [0, 0.1) is 0 Å². The highest BCUT2D eigenvalue weighted by Gasteiger charge is 2.28. The lowest BCUT2D eigenvalue weighted by Crippen LogP contribution is -2.37. The second-order valence-electron chi connectivity index (χ2n) is 7.64. The normalized spacial score (nSPS) is 15.9. The molecular formula is C23H22N4O2. The third kappa shape index (κ3) is 3.09. The fourth-order valence-electron chi connectivity index (χ4n) is 4.39. The maximum atomic E-state index is 13.0. The number of aromatic nitrogens is 2. The molecule has 1 amide bonds. The number of nitrogens with one attached hydrogen (secondary N) is 1. The van der Waals surface area contributed by atoms with Gasteiger partial charge in [0, 0.05) is 35.2 Å². The Labute approximate surface area is 169 Å². The summed E-state index contributed by atoms with van der Waals surface area (Å²) in [5.41, 5.74) is 3.71. The zero-order chi connectivity index (χ0) is 19.8. The average Bonchev–Trinajstić information content (AvgIpc) is 2.77. The molecule has 6 nitrogen and oxygen atoms in total. The van der Waals surface area contributed by atoms with Crippen molar-refractivity contribution in [2.75, 3.05) is 26.2 Å². The molecular weight excluding hydrogens is 364 g/mol. The van der Waals surface area contributed by atoms with E-state index in [0.29, 0.717) is 39.8 Å². The van der Waals surface area contributed by atoms with Crippen LogP contribution in [0.3, 0.4) is 0 Å². The van der Waals surface area contributed by atoms with Gasteiger partial charge in [-0.25, -0.2) is 9.97 Å². The molecule has 0 unspecified atom stereocenters. The predicted molar refractivity (Wildman–Crippen MR) is 111 cm³/mol. The molecule has 2 aliphatic rings. The zero-order valence-corrected chi connectivity index (χ0v) is 16.1. The van der Waals surface area contributed by atoms with Crippen LogP contribution < -0.4 is 5.32 Å². The van der Waals surface area contributed by atoms with E-state index in [9.17, 15) is 9.59 Å². The van der Waals surface area contributed by atoms with Crippen LogP contribution in [0.2, 0.25) is 0 Å². The average molecular weight is 386 g/mol. The Hall–Kier alpha value is -3.12. The summed E-state index contributed by atoms with van der Waals surface area (Å²) >= 11 is 0. The van der Waals surface area contributed by atoms with E-state index in [4.69, 9.17) is 0 Å². The Morgan fingerprint density at radius 3 is 2.59 bits per heavy atom. The first-order chi connectivity index (χ1) is 14.2. The minimum absolute atomic E-state index is 0.0510. The summed E-state index contributed by atoms with van der Waals surface area (Å²) in [6, 6.07) is 10.9. The van der Waals surface area contributed by atoms with Crippen LogP contribution in [-0.4, -0.2) is 52.7 Å². The van der Waals surface area contributed by atoms with E-state index in [2.05, 4.69) is 20.2 Å². The molecule has 29 heavy (non-hydrogen) atoms. The zero-order valence-electron chi connectivity index (χ0n) is 16.1. The number of likely N-dealkylation sites (tertiary alicyclic amines) is 1. The van der Waals surface area contributed by atoms with Crippen LogP contribution in [-0.2, 0) is 0 Å². The largest absolute Gasteiger partial charge is 0.351 e. The van der Waals surface area contributed by atoms with Gasteiger partial charge < -0.3 is 10.2 Å². The van der Waals surface area contributed by atoms with Gasteiger partial charge in [0.15, 0.2) is 5.78 Å². The maximum Gasteiger partial charge on any atom is 0.253 e. The van der Waals surface area contributed by atoms with E-state index >= 15 is 0 Å². The smallest absolute Gasteiger partial charge is 0.253 e. The monoisotopic (exact) mass is 386 g/mol. The number of hydrogen-bond donors (Lipinski definition) is 1. The van der Waals surface area contributed by atoms with Gasteiger partial charge in [0.25, 0.3) is 5.91 Å². The van der Waals surface area contributed by atoms with E-state index in [1.54, 1.807) is 12.1 Å². The van der Waals surface area contributed by atoms with Gasteiger partial charge in [-0.2, -0.15) is 0 Å². The van der Waals surface area contributed by atoms with Crippen molar-refractivity contribution in [2.24, 2.45) is 0 Å². The van der Waals surface area contributed by atoms with Gasteiger partial charge in [-0.3, -0.25) is 9.59 Å². The molecule has 2 heterocycles. The molecule has 0 radical (unpaired) electrons. The summed E-state index contributed by atoms with van der Waals surface area (Å²) in [5.74, 6) is -0.213. The number of carbonyl (C=O) groups is 2. The molecule has 146 valence electrons. The van der Waals surface area contributed by atoms with Gasteiger partial charge in [-0.1, -0.05) is 30.7 Å². The number of piperidine rings is 1. The molecule has 5 rings (SSSR count). The topological polar surface area (TPSA) is 75.2 Å². The highest BCUT2D eigenvalue weighted by Crippen LogP contribution is 2.38. The minimum atomic E-state index is -0.162. The van der Waals surface area contributed by atoms with Crippen molar-refractivity contribution in [3.8, 4) is 11.3 Å². The molecule has 1 saturated heterocycles. The van der Waals surface area contributed by atoms with Gasteiger partial charge in [0.05, 0.1) is 16.8 Å². The third-order valence-corrected chi connectivity index (χ3v) is 5.87. The molecule has 1 aliphatic carbocycles. The molecule has 1 aliphatic heterocycles. The fraction of sp³-hybridized carbons (Fsp3) is 0.304. The number of hydrogen-bond acceptors (Lipinski definition) is 5. The second-order valence-corrected chi connectivity index (χ2v) is 7.64. The number of nitrogens with zero attached hydrogens (tertiary/aromatic N) is 3. The first kappa shape index (κ1) is 17.9. The lowest BCUT2D eigenvalue weighted by molar-refractivity contribution is 0.0946. The van der Waals surface area contributed by atoms with Crippen LogP contribution >= 0.6 is 0 Å². The predicted octanol–water partition coefficient (Wildman–Crippen LogP) is 3.06. The van der Waals surface area contributed by atoms with Gasteiger partial charge in [0.2, 0.25) is 0 Å². The van der Waals surface area contributed by atoms with Gasteiger partial charge in [-0.05, 0) is 38.1 Å². The Morgan fingerprint density at radius 1 is 0.966 bits per heavy atom. The van der Waals surface area contributed by atoms with E-state index in [-0.39, 0.29) is 11.7 Å². The van der Waals surface area contributed by atoms with E-state index < -0.39 is 0 Å². The van der Waals surface area contributed by atoms with Crippen molar-refractivity contribution in [3.05, 3.63) is 59.4 Å². The Balaban J connectivity index is 1.47. The quantitative estimate of drug-likeness (QED) is 0.583. The number of rotatable bonds is 4. The van der Waals surface area contributed by atoms with Crippen LogP contribution in [0.1, 0.15) is 45.5 Å². The van der Waals surface area contributed by atoms with E-state index in [0.717, 1.165) is 25.2 Å². The number of benzene rings is 2. The van der Waals surface area contributed by atoms with Crippen LogP contribution in [0.5, 0.6) is 0 Å². The Kier molecular flexibility index (Phi) is 4.56. The van der Waals surface area contributed by atoms with Crippen LogP contribution in [0.25, 0.3) is 22.2 Å². The molecule has 0 atom stereocenters. The highest BCUT2D eigenvalue weighted by atomic mass is 16.1. The van der Waals surface area contributed by atoms with Gasteiger partial charge >= 0.3 is 0 Å². The van der Waals surface area contributed by atoms with Crippen molar-refractivity contribution in [3.63, 3.8) is 0 Å². The van der Waals surface area contributed by atoms with Crippen molar-refractivity contribution >= 4 is 22.6 Å². The van der Waals surface area contributed by atoms with Crippen molar-refractivity contribution in [1.82, 2.24) is 20.2 Å². The van der Waals surface area contributed by atoms with Crippen LogP contribution in [0.15, 0.2) is 42.7 Å². The summed E-state index contributed by atoms with van der Waals surface area (Å²) in [6.07, 6.45) is 5.23. The van der Waals surface area contributed by atoms with Crippen LogP contribution in [0.4, 0.5) is 0 Å². The molecule has 0 saturated carbocycles. The van der Waals surface area contributed by atoms with Crippen molar-refractivity contribution in [1.29, 1.82) is 0 Å². The maximum absolute atomic E-state index is 13.0. The molecule has 1 N–H and O–H groups in total. The lowest BCUT2D eigenvalue weighted by Gasteiger charge is -2.26. The first-order valence-corrected chi connectivity index (χ1v) is 10.2. The van der Waals surface area contributed by atoms with Crippen molar-refractivity contribution < 1.29 is 9.59 Å². The summed E-state index contributed by atoms with van der Waals surface area (Å²) in [7, 11) is 0. The molecule has 2 aromatic carbocycles. The lowest BCUT2D eigenvalue weighted by atomic mass is 9.86. The molecule has 0 bridgehead atoms. The fourth-order valence-corrected chi connectivity index (χ4v) is 4.39. The molecule has 6 heteroatoms. The number of fused-ring (bicyclic) bond motifs is 2. The third-order valence-electron chi connectivity index (χ3n) is 5.87. The minimum Gasteiger partial charge on any atom is -0.351 e.